The van der Waals surface area contributed by atoms with E-state index in [4.69, 9.17) is 4.74 Å². The third-order valence-electron chi connectivity index (χ3n) is 4.59. The van der Waals surface area contributed by atoms with Gasteiger partial charge in [0.25, 0.3) is 0 Å². The number of phenols is 1. The fraction of sp³-hybridized carbons (Fsp3) is 0.0833. The second-order valence-corrected chi connectivity index (χ2v) is 7.57. The largest absolute Gasteiger partial charge is 0.504 e. The van der Waals surface area contributed by atoms with Crippen LogP contribution in [0.5, 0.6) is 11.5 Å². The number of imidazole rings is 1. The van der Waals surface area contributed by atoms with E-state index in [9.17, 15) is 9.90 Å². The van der Waals surface area contributed by atoms with Crippen LogP contribution >= 0.6 is 15.9 Å². The van der Waals surface area contributed by atoms with Gasteiger partial charge in [-0.1, -0.05) is 34.1 Å². The number of aromatic amines is 1. The van der Waals surface area contributed by atoms with Gasteiger partial charge in [-0.25, -0.2) is 4.98 Å². The zero-order valence-electron chi connectivity index (χ0n) is 16.2. The number of para-hydroxylation sites is 2. The van der Waals surface area contributed by atoms with Gasteiger partial charge in [-0.3, -0.25) is 4.79 Å². The van der Waals surface area contributed by atoms with Crippen LogP contribution in [0, 0.1) is 0 Å². The molecular weight excluding hydrogens is 444 g/mol. The summed E-state index contributed by atoms with van der Waals surface area (Å²) in [6.45, 7) is 2.27. The van der Waals surface area contributed by atoms with Crippen LogP contribution in [0.25, 0.3) is 22.7 Å². The molecule has 4 aromatic rings. The number of Topliss-reactive ketones (excluding diaryl/α,β-unsaturated/α-hetero) is 1. The number of ether oxygens (including phenoxy) is 1. The first-order valence-corrected chi connectivity index (χ1v) is 10.3. The maximum atomic E-state index is 13.4. The Bertz CT molecular complexity index is 1210. The number of hydrogen-bond acceptors (Lipinski definition) is 4. The number of fused-ring (bicyclic) bond motifs is 1. The molecule has 0 aliphatic carbocycles. The lowest BCUT2D eigenvalue weighted by atomic mass is 10.00. The summed E-state index contributed by atoms with van der Waals surface area (Å²) < 4.78 is 6.37. The highest BCUT2D eigenvalue weighted by Crippen LogP contribution is 2.30. The van der Waals surface area contributed by atoms with E-state index >= 15 is 0 Å². The molecule has 0 unspecified atom stereocenters. The topological polar surface area (TPSA) is 75.2 Å². The van der Waals surface area contributed by atoms with Crippen molar-refractivity contribution in [1.82, 2.24) is 9.97 Å². The highest BCUT2D eigenvalue weighted by atomic mass is 79.9. The van der Waals surface area contributed by atoms with Crippen LogP contribution in [0.3, 0.4) is 0 Å². The molecule has 1 aromatic heterocycles. The van der Waals surface area contributed by atoms with Crippen molar-refractivity contribution < 1.29 is 14.6 Å². The average molecular weight is 463 g/mol. The number of halogens is 1. The molecule has 0 aliphatic heterocycles. The fourth-order valence-electron chi connectivity index (χ4n) is 3.14. The van der Waals surface area contributed by atoms with Crippen molar-refractivity contribution in [3.8, 4) is 11.5 Å². The molecule has 3 aromatic carbocycles. The minimum Gasteiger partial charge on any atom is -0.504 e. The summed E-state index contributed by atoms with van der Waals surface area (Å²) >= 11 is 3.40. The number of carbonyl (C=O) groups excluding carboxylic acids is 1. The highest BCUT2D eigenvalue weighted by molar-refractivity contribution is 9.10. The van der Waals surface area contributed by atoms with E-state index in [2.05, 4.69) is 25.9 Å². The number of phenolic OH excluding ortho intramolecular Hbond substituents is 1. The minimum atomic E-state index is -0.160. The lowest BCUT2D eigenvalue weighted by Gasteiger charge is -2.08. The quantitative estimate of drug-likeness (QED) is 0.278. The summed E-state index contributed by atoms with van der Waals surface area (Å²) in [4.78, 5) is 21.2. The van der Waals surface area contributed by atoms with Crippen molar-refractivity contribution in [2.75, 3.05) is 6.61 Å². The summed E-state index contributed by atoms with van der Waals surface area (Å²) in [6, 6.07) is 19.8. The standard InChI is InChI=1S/C24H19BrN2O3/c1-2-30-22-14-15(7-12-21(22)28)13-18(23(29)16-8-10-17(25)11-9-16)24-26-19-5-3-4-6-20(19)27-24/h3-14,28H,2H2,1H3,(H,26,27)/b18-13-. The van der Waals surface area contributed by atoms with E-state index in [1.807, 2.05) is 43.3 Å². The van der Waals surface area contributed by atoms with E-state index in [1.165, 1.54) is 0 Å². The van der Waals surface area contributed by atoms with Gasteiger partial charge < -0.3 is 14.8 Å². The molecule has 0 bridgehead atoms. The van der Waals surface area contributed by atoms with Crippen LogP contribution in [0.2, 0.25) is 0 Å². The molecule has 1 heterocycles. The van der Waals surface area contributed by atoms with Crippen molar-refractivity contribution in [3.63, 3.8) is 0 Å². The molecule has 6 heteroatoms. The van der Waals surface area contributed by atoms with E-state index in [1.54, 1.807) is 36.4 Å². The first kappa shape index (κ1) is 19.9. The molecule has 0 spiro atoms. The number of nitrogens with one attached hydrogen (secondary N) is 1. The van der Waals surface area contributed by atoms with Gasteiger partial charge in [0.2, 0.25) is 0 Å². The number of benzene rings is 3. The van der Waals surface area contributed by atoms with E-state index in [-0.39, 0.29) is 11.5 Å². The highest BCUT2D eigenvalue weighted by Gasteiger charge is 2.18. The zero-order valence-corrected chi connectivity index (χ0v) is 17.8. The molecule has 0 aliphatic rings. The number of rotatable bonds is 6. The Balaban J connectivity index is 1.84. The molecule has 0 atom stereocenters. The first-order chi connectivity index (χ1) is 14.5. The van der Waals surface area contributed by atoms with Gasteiger partial charge in [0.15, 0.2) is 17.3 Å². The fourth-order valence-corrected chi connectivity index (χ4v) is 3.40. The number of allylic oxidation sites excluding steroid dienone is 1. The molecule has 2 N–H and O–H groups in total. The summed E-state index contributed by atoms with van der Waals surface area (Å²) in [6.07, 6.45) is 1.75. The molecule has 30 heavy (non-hydrogen) atoms. The average Bonchev–Trinajstić information content (AvgIpc) is 3.18. The Kier molecular flexibility index (Phi) is 5.68. The molecule has 0 amide bonds. The van der Waals surface area contributed by atoms with Crippen LogP contribution in [-0.4, -0.2) is 27.5 Å². The molecule has 0 saturated carbocycles. The SMILES string of the molecule is CCOc1cc(/C=C(/C(=O)c2ccc(Br)cc2)c2nc3ccccc3[nH]2)ccc1O. The lowest BCUT2D eigenvalue weighted by molar-refractivity contribution is 0.105. The Labute approximate surface area is 182 Å². The van der Waals surface area contributed by atoms with Crippen molar-refractivity contribution in [1.29, 1.82) is 0 Å². The Morgan fingerprint density at radius 1 is 1.13 bits per heavy atom. The second kappa shape index (κ2) is 8.55. The predicted octanol–water partition coefficient (Wildman–Crippen LogP) is 5.85. The van der Waals surface area contributed by atoms with Gasteiger partial charge in [0.05, 0.1) is 23.2 Å². The number of aromatic nitrogens is 2. The molecule has 0 fully saturated rings. The van der Waals surface area contributed by atoms with Crippen LogP contribution in [0.1, 0.15) is 28.7 Å². The van der Waals surface area contributed by atoms with Crippen LogP contribution < -0.4 is 4.74 Å². The van der Waals surface area contributed by atoms with Crippen LogP contribution in [-0.2, 0) is 0 Å². The van der Waals surface area contributed by atoms with E-state index in [0.717, 1.165) is 21.1 Å². The summed E-state index contributed by atoms with van der Waals surface area (Å²) in [5, 5.41) is 9.99. The lowest BCUT2D eigenvalue weighted by Crippen LogP contribution is -2.04. The molecule has 5 nitrogen and oxygen atoms in total. The van der Waals surface area contributed by atoms with Crippen molar-refractivity contribution in [2.24, 2.45) is 0 Å². The number of ketones is 1. The molecular formula is C24H19BrN2O3. The monoisotopic (exact) mass is 462 g/mol. The number of H-pyrrole nitrogens is 1. The third-order valence-corrected chi connectivity index (χ3v) is 5.12. The Morgan fingerprint density at radius 2 is 1.90 bits per heavy atom. The minimum absolute atomic E-state index is 0.0542. The van der Waals surface area contributed by atoms with E-state index in [0.29, 0.717) is 29.3 Å². The molecule has 0 saturated heterocycles. The van der Waals surface area contributed by atoms with Crippen LogP contribution in [0.4, 0.5) is 0 Å². The summed E-state index contributed by atoms with van der Waals surface area (Å²) in [7, 11) is 0. The van der Waals surface area contributed by atoms with Crippen molar-refractivity contribution in [3.05, 3.63) is 88.2 Å². The Hall–Kier alpha value is -3.38. The zero-order chi connectivity index (χ0) is 21.1. The Morgan fingerprint density at radius 3 is 2.63 bits per heavy atom. The second-order valence-electron chi connectivity index (χ2n) is 6.66. The number of aromatic hydroxyl groups is 1. The van der Waals surface area contributed by atoms with E-state index < -0.39 is 0 Å². The van der Waals surface area contributed by atoms with Crippen molar-refractivity contribution in [2.45, 2.75) is 6.92 Å². The summed E-state index contributed by atoms with van der Waals surface area (Å²) in [5.41, 5.74) is 3.32. The number of nitrogens with zero attached hydrogens (tertiary/aromatic N) is 1. The molecule has 150 valence electrons. The first-order valence-electron chi connectivity index (χ1n) is 9.48. The summed E-state index contributed by atoms with van der Waals surface area (Å²) in [5.74, 6) is 0.743. The van der Waals surface area contributed by atoms with Gasteiger partial charge in [0.1, 0.15) is 5.82 Å². The maximum Gasteiger partial charge on any atom is 0.196 e. The molecule has 4 rings (SSSR count). The van der Waals surface area contributed by atoms with Gasteiger partial charge in [0, 0.05) is 10.0 Å². The molecule has 0 radical (unpaired) electrons. The van der Waals surface area contributed by atoms with Crippen LogP contribution in [0.15, 0.2) is 71.2 Å². The smallest absolute Gasteiger partial charge is 0.196 e. The van der Waals surface area contributed by atoms with Gasteiger partial charge in [-0.2, -0.15) is 0 Å². The normalized spacial score (nSPS) is 11.6. The third kappa shape index (κ3) is 4.14. The van der Waals surface area contributed by atoms with Crippen molar-refractivity contribution >= 4 is 44.4 Å². The number of carbonyl (C=O) groups is 1. The van der Waals surface area contributed by atoms with Gasteiger partial charge in [-0.05, 0) is 67.1 Å². The number of hydrogen-bond donors (Lipinski definition) is 2. The van der Waals surface area contributed by atoms with Gasteiger partial charge in [-0.15, -0.1) is 0 Å². The maximum absolute atomic E-state index is 13.4. The van der Waals surface area contributed by atoms with Gasteiger partial charge >= 0.3 is 0 Å². The predicted molar refractivity (Wildman–Crippen MR) is 122 cm³/mol.